The second-order valence-electron chi connectivity index (χ2n) is 7.65. The average molecular weight is 450 g/mol. The van der Waals surface area contributed by atoms with Crippen molar-refractivity contribution >= 4 is 28.9 Å². The Hall–Kier alpha value is -3.18. The largest absolute Gasteiger partial charge is 0.472 e. The van der Waals surface area contributed by atoms with Crippen molar-refractivity contribution in [2.75, 3.05) is 5.32 Å². The highest BCUT2D eigenvalue weighted by Gasteiger charge is 2.23. The highest BCUT2D eigenvalue weighted by Crippen LogP contribution is 2.28. The number of nitrogens with one attached hydrogen (secondary N) is 1. The van der Waals surface area contributed by atoms with Crippen molar-refractivity contribution in [3.8, 4) is 5.75 Å². The molecule has 3 aromatic rings. The number of para-hydroxylation sites is 2. The minimum absolute atomic E-state index is 0.202. The third kappa shape index (κ3) is 6.92. The van der Waals surface area contributed by atoms with Gasteiger partial charge in [-0.25, -0.2) is 0 Å². The zero-order chi connectivity index (χ0) is 22.8. The smallest absolute Gasteiger partial charge is 0.255 e. The van der Waals surface area contributed by atoms with E-state index < -0.39 is 5.56 Å². The molecule has 1 amide bonds. The van der Waals surface area contributed by atoms with Crippen LogP contribution >= 0.6 is 11.6 Å². The molecule has 0 aromatic heterocycles. The minimum atomic E-state index is -0.666. The fourth-order valence-electron chi connectivity index (χ4n) is 3.08. The van der Waals surface area contributed by atoms with Gasteiger partial charge in [-0.15, -0.1) is 0 Å². The first kappa shape index (κ1) is 23.5. The minimum Gasteiger partial charge on any atom is -0.472 e. The zero-order valence-corrected chi connectivity index (χ0v) is 19.1. The van der Waals surface area contributed by atoms with Gasteiger partial charge in [-0.05, 0) is 48.7 Å². The van der Waals surface area contributed by atoms with Crippen molar-refractivity contribution in [2.24, 2.45) is 16.1 Å². The number of rotatable bonds is 10. The fourth-order valence-corrected chi connectivity index (χ4v) is 3.34. The number of hydrogen-bond donors (Lipinski definition) is 1. The van der Waals surface area contributed by atoms with E-state index >= 15 is 0 Å². The molecule has 6 heteroatoms. The predicted octanol–water partition coefficient (Wildman–Crippen LogP) is 7.47. The summed E-state index contributed by atoms with van der Waals surface area (Å²) in [5.74, 6) is 0.895. The Bertz CT molecular complexity index is 1010. The van der Waals surface area contributed by atoms with Crippen molar-refractivity contribution in [1.29, 1.82) is 0 Å². The van der Waals surface area contributed by atoms with Crippen LogP contribution in [0.15, 0.2) is 95.2 Å². The lowest BCUT2D eigenvalue weighted by Gasteiger charge is -2.21. The van der Waals surface area contributed by atoms with Gasteiger partial charge in [0, 0.05) is 5.56 Å². The number of benzene rings is 3. The molecule has 0 heterocycles. The summed E-state index contributed by atoms with van der Waals surface area (Å²) < 4.78 is 5.90. The standard InChI is InChI=1S/C26H28ClN3O2/c1-3-19(2)18-24(25(27)32-21-14-8-5-9-15-21)30-29-23-17-11-10-16-22(23)28-26(31)20-12-6-4-7-13-20/h4-17,19,24-25H,3,18H2,1-2H3,(H,28,31). The summed E-state index contributed by atoms with van der Waals surface area (Å²) in [7, 11) is 0. The van der Waals surface area contributed by atoms with Crippen molar-refractivity contribution in [2.45, 2.75) is 38.3 Å². The summed E-state index contributed by atoms with van der Waals surface area (Å²) in [5, 5.41) is 11.9. The van der Waals surface area contributed by atoms with Gasteiger partial charge in [0.2, 0.25) is 0 Å². The molecule has 0 saturated carbocycles. The number of ether oxygens (including phenoxy) is 1. The van der Waals surface area contributed by atoms with Crippen LogP contribution in [0.5, 0.6) is 5.75 Å². The Labute approximate surface area is 194 Å². The second kappa shape index (κ2) is 12.0. The van der Waals surface area contributed by atoms with Crippen LogP contribution in [-0.4, -0.2) is 17.5 Å². The van der Waals surface area contributed by atoms with E-state index in [2.05, 4.69) is 29.4 Å². The molecule has 0 saturated heterocycles. The molecule has 0 aliphatic heterocycles. The Morgan fingerprint density at radius 2 is 1.59 bits per heavy atom. The number of azo groups is 1. The van der Waals surface area contributed by atoms with Crippen LogP contribution < -0.4 is 10.1 Å². The van der Waals surface area contributed by atoms with Crippen LogP contribution in [0.2, 0.25) is 0 Å². The molecular formula is C26H28ClN3O2. The maximum Gasteiger partial charge on any atom is 0.255 e. The van der Waals surface area contributed by atoms with Crippen LogP contribution in [0, 0.1) is 5.92 Å². The zero-order valence-electron chi connectivity index (χ0n) is 18.3. The fraction of sp³-hybridized carbons (Fsp3) is 0.269. The van der Waals surface area contributed by atoms with Gasteiger partial charge in [0.25, 0.3) is 5.91 Å². The molecule has 0 radical (unpaired) electrons. The third-order valence-corrected chi connectivity index (χ3v) is 5.52. The molecule has 3 unspecified atom stereocenters. The lowest BCUT2D eigenvalue weighted by atomic mass is 10.0. The van der Waals surface area contributed by atoms with E-state index in [0.717, 1.165) is 12.8 Å². The van der Waals surface area contributed by atoms with Crippen molar-refractivity contribution < 1.29 is 9.53 Å². The molecule has 166 valence electrons. The monoisotopic (exact) mass is 449 g/mol. The lowest BCUT2D eigenvalue weighted by molar-refractivity contribution is 0.102. The van der Waals surface area contributed by atoms with Crippen LogP contribution in [0.25, 0.3) is 0 Å². The number of hydrogen-bond acceptors (Lipinski definition) is 4. The van der Waals surface area contributed by atoms with Crippen LogP contribution in [0.1, 0.15) is 37.0 Å². The number of carbonyl (C=O) groups is 1. The highest BCUT2D eigenvalue weighted by atomic mass is 35.5. The normalized spacial score (nSPS) is 14.0. The van der Waals surface area contributed by atoms with Gasteiger partial charge in [0.1, 0.15) is 17.5 Å². The first-order valence-corrected chi connectivity index (χ1v) is 11.2. The Morgan fingerprint density at radius 1 is 0.969 bits per heavy atom. The summed E-state index contributed by atoms with van der Waals surface area (Å²) >= 11 is 6.61. The Morgan fingerprint density at radius 3 is 2.28 bits per heavy atom. The number of anilines is 1. The van der Waals surface area contributed by atoms with E-state index in [1.54, 1.807) is 18.2 Å². The number of alkyl halides is 1. The molecule has 3 aromatic carbocycles. The SMILES string of the molecule is CCC(C)CC(N=Nc1ccccc1NC(=O)c1ccccc1)C(Cl)Oc1ccccc1. The van der Waals surface area contributed by atoms with Crippen LogP contribution in [-0.2, 0) is 0 Å². The molecule has 0 fully saturated rings. The van der Waals surface area contributed by atoms with Gasteiger partial charge in [0.05, 0.1) is 5.69 Å². The van der Waals surface area contributed by atoms with E-state index in [9.17, 15) is 4.79 Å². The summed E-state index contributed by atoms with van der Waals surface area (Å²) in [6, 6.07) is 25.5. The molecule has 32 heavy (non-hydrogen) atoms. The average Bonchev–Trinajstić information content (AvgIpc) is 2.83. The molecule has 0 bridgehead atoms. The molecule has 0 spiro atoms. The number of carbonyl (C=O) groups excluding carboxylic acids is 1. The molecule has 5 nitrogen and oxygen atoms in total. The van der Waals surface area contributed by atoms with Crippen molar-refractivity contribution in [3.63, 3.8) is 0 Å². The van der Waals surface area contributed by atoms with Gasteiger partial charge in [-0.2, -0.15) is 10.2 Å². The van der Waals surface area contributed by atoms with Crippen molar-refractivity contribution in [3.05, 3.63) is 90.5 Å². The van der Waals surface area contributed by atoms with E-state index in [1.165, 1.54) is 0 Å². The van der Waals surface area contributed by atoms with Gasteiger partial charge in [0.15, 0.2) is 5.56 Å². The van der Waals surface area contributed by atoms with E-state index in [-0.39, 0.29) is 11.9 Å². The number of nitrogens with zero attached hydrogens (tertiary/aromatic N) is 2. The summed E-state index contributed by atoms with van der Waals surface area (Å²) in [5.41, 5.74) is 1.06. The summed E-state index contributed by atoms with van der Waals surface area (Å²) in [6.45, 7) is 4.29. The third-order valence-electron chi connectivity index (χ3n) is 5.14. The highest BCUT2D eigenvalue weighted by molar-refractivity contribution is 6.20. The predicted molar refractivity (Wildman–Crippen MR) is 130 cm³/mol. The Kier molecular flexibility index (Phi) is 8.81. The summed E-state index contributed by atoms with van der Waals surface area (Å²) in [4.78, 5) is 12.6. The van der Waals surface area contributed by atoms with Gasteiger partial charge in [-0.1, -0.05) is 80.4 Å². The maximum atomic E-state index is 12.6. The molecule has 3 rings (SSSR count). The lowest BCUT2D eigenvalue weighted by Crippen LogP contribution is -2.26. The second-order valence-corrected chi connectivity index (χ2v) is 8.08. The van der Waals surface area contributed by atoms with E-state index in [0.29, 0.717) is 28.6 Å². The quantitative estimate of drug-likeness (QED) is 0.257. The van der Waals surface area contributed by atoms with Gasteiger partial charge >= 0.3 is 0 Å². The molecule has 3 atom stereocenters. The topological polar surface area (TPSA) is 63.0 Å². The number of amides is 1. The summed E-state index contributed by atoms with van der Waals surface area (Å²) in [6.07, 6.45) is 1.74. The van der Waals surface area contributed by atoms with Gasteiger partial charge < -0.3 is 10.1 Å². The Balaban J connectivity index is 1.77. The van der Waals surface area contributed by atoms with E-state index in [4.69, 9.17) is 16.3 Å². The number of halogens is 1. The first-order chi connectivity index (χ1) is 15.6. The van der Waals surface area contributed by atoms with Gasteiger partial charge in [-0.3, -0.25) is 4.79 Å². The maximum absolute atomic E-state index is 12.6. The van der Waals surface area contributed by atoms with Crippen LogP contribution in [0.3, 0.4) is 0 Å². The molecule has 1 N–H and O–H groups in total. The molecule has 0 aliphatic rings. The van der Waals surface area contributed by atoms with Crippen LogP contribution in [0.4, 0.5) is 11.4 Å². The van der Waals surface area contributed by atoms with E-state index in [1.807, 2.05) is 66.7 Å². The first-order valence-electron chi connectivity index (χ1n) is 10.8. The van der Waals surface area contributed by atoms with Crippen molar-refractivity contribution in [1.82, 2.24) is 0 Å². The molecule has 0 aliphatic carbocycles. The molecular weight excluding hydrogens is 422 g/mol.